The summed E-state index contributed by atoms with van der Waals surface area (Å²) >= 11 is 1.26. The van der Waals surface area contributed by atoms with Crippen LogP contribution in [0.15, 0.2) is 58.6 Å². The predicted molar refractivity (Wildman–Crippen MR) is 100 cm³/mol. The van der Waals surface area contributed by atoms with Gasteiger partial charge in [-0.05, 0) is 18.2 Å². The fourth-order valence-corrected chi connectivity index (χ4v) is 3.53. The molecule has 4 heterocycles. The van der Waals surface area contributed by atoms with E-state index in [9.17, 15) is 4.79 Å². The van der Waals surface area contributed by atoms with Crippen LogP contribution in [0.4, 0.5) is 5.82 Å². The average molecular weight is 383 g/mol. The van der Waals surface area contributed by atoms with Crippen molar-refractivity contribution in [3.05, 3.63) is 48.9 Å². The highest BCUT2D eigenvalue weighted by molar-refractivity contribution is 7.99. The molecule has 1 aliphatic rings. The lowest BCUT2D eigenvalue weighted by Gasteiger charge is -2.30. The molecule has 0 radical (unpaired) electrons. The second-order valence-corrected chi connectivity index (χ2v) is 6.95. The fraction of sp³-hybridized carbons (Fsp3) is 0.278. The summed E-state index contributed by atoms with van der Waals surface area (Å²) in [7, 11) is 0. The van der Waals surface area contributed by atoms with Gasteiger partial charge in [0.15, 0.2) is 0 Å². The number of hydrogen-bond donors (Lipinski definition) is 0. The molecule has 0 aromatic carbocycles. The maximum absolute atomic E-state index is 12.5. The Morgan fingerprint density at radius 3 is 2.78 bits per heavy atom. The zero-order valence-corrected chi connectivity index (χ0v) is 15.4. The molecule has 1 amide bonds. The number of pyridine rings is 2. The molecule has 3 aromatic heterocycles. The average Bonchev–Trinajstić information content (AvgIpc) is 3.22. The first-order valence-corrected chi connectivity index (χ1v) is 9.64. The van der Waals surface area contributed by atoms with Crippen molar-refractivity contribution >= 4 is 23.5 Å². The maximum Gasteiger partial charge on any atom is 0.277 e. The van der Waals surface area contributed by atoms with Gasteiger partial charge in [-0.15, -0.1) is 10.2 Å². The van der Waals surface area contributed by atoms with Crippen LogP contribution in [0.25, 0.3) is 11.5 Å². The summed E-state index contributed by atoms with van der Waals surface area (Å²) in [4.78, 5) is 23.9. The van der Waals surface area contributed by atoms with Gasteiger partial charge in [0.1, 0.15) is 13.1 Å². The van der Waals surface area contributed by atoms with Crippen LogP contribution >= 0.6 is 11.8 Å². The zero-order chi connectivity index (χ0) is 18.5. The minimum absolute atomic E-state index is 0.0813. The summed E-state index contributed by atoms with van der Waals surface area (Å²) in [6.07, 6.45) is 5.26. The van der Waals surface area contributed by atoms with Crippen LogP contribution in [-0.2, 0) is 4.79 Å². The van der Waals surface area contributed by atoms with Crippen molar-refractivity contribution in [2.75, 3.05) is 36.8 Å². The first-order chi connectivity index (χ1) is 13.3. The van der Waals surface area contributed by atoms with Gasteiger partial charge < -0.3 is 9.32 Å². The van der Waals surface area contributed by atoms with Crippen LogP contribution in [0.5, 0.6) is 0 Å². The number of amides is 1. The van der Waals surface area contributed by atoms with Crippen molar-refractivity contribution < 1.29 is 14.2 Å². The number of rotatable bonds is 5. The number of carbonyl (C=O) groups excluding carboxylic acids is 1. The third-order valence-electron chi connectivity index (χ3n) is 4.30. The molecule has 9 heteroatoms. The van der Waals surface area contributed by atoms with Crippen LogP contribution in [-0.4, -0.2) is 57.9 Å². The molecule has 1 fully saturated rings. The van der Waals surface area contributed by atoms with Gasteiger partial charge >= 0.3 is 0 Å². The topological polar surface area (TPSA) is 89.5 Å². The van der Waals surface area contributed by atoms with Crippen molar-refractivity contribution in [1.82, 2.24) is 20.1 Å². The summed E-state index contributed by atoms with van der Waals surface area (Å²) < 4.78 is 5.60. The molecular formula is C18H19N6O2S+. The Morgan fingerprint density at radius 2 is 2.04 bits per heavy atom. The molecule has 0 bridgehead atoms. The van der Waals surface area contributed by atoms with Gasteiger partial charge in [0.2, 0.25) is 11.8 Å². The number of nitrogens with zero attached hydrogens (tertiary/aromatic N) is 5. The minimum Gasteiger partial charge on any atom is -0.411 e. The van der Waals surface area contributed by atoms with Crippen molar-refractivity contribution in [1.29, 1.82) is 0 Å². The van der Waals surface area contributed by atoms with Crippen LogP contribution in [0.3, 0.4) is 0 Å². The van der Waals surface area contributed by atoms with Crippen molar-refractivity contribution in [3.8, 4) is 11.5 Å². The molecule has 0 saturated carbocycles. The first kappa shape index (κ1) is 17.5. The monoisotopic (exact) mass is 383 g/mol. The summed E-state index contributed by atoms with van der Waals surface area (Å²) in [6, 6.07) is 9.66. The first-order valence-electron chi connectivity index (χ1n) is 8.66. The molecule has 138 valence electrons. The molecular weight excluding hydrogens is 364 g/mol. The Hall–Kier alpha value is -2.94. The molecule has 0 unspecified atom stereocenters. The summed E-state index contributed by atoms with van der Waals surface area (Å²) in [5, 5.41) is 8.39. The lowest BCUT2D eigenvalue weighted by Crippen LogP contribution is -2.50. The second kappa shape index (κ2) is 8.17. The van der Waals surface area contributed by atoms with E-state index in [-0.39, 0.29) is 11.7 Å². The van der Waals surface area contributed by atoms with Gasteiger partial charge in [0.25, 0.3) is 11.0 Å². The van der Waals surface area contributed by atoms with E-state index in [4.69, 9.17) is 4.42 Å². The van der Waals surface area contributed by atoms with Gasteiger partial charge in [-0.2, -0.15) is 0 Å². The summed E-state index contributed by atoms with van der Waals surface area (Å²) in [5.41, 5.74) is 0.761. The van der Waals surface area contributed by atoms with Crippen molar-refractivity contribution in [2.24, 2.45) is 0 Å². The molecule has 4 rings (SSSR count). The van der Waals surface area contributed by atoms with Crippen LogP contribution in [0.1, 0.15) is 0 Å². The number of piperazine rings is 1. The van der Waals surface area contributed by atoms with E-state index in [1.165, 1.54) is 11.8 Å². The number of nitrogens with one attached hydrogen (secondary N) is 1. The molecule has 1 N–H and O–H groups in total. The van der Waals surface area contributed by atoms with E-state index < -0.39 is 0 Å². The van der Waals surface area contributed by atoms with E-state index >= 15 is 0 Å². The normalized spacial score (nSPS) is 14.4. The number of hydrogen-bond acceptors (Lipinski definition) is 7. The molecule has 0 atom stereocenters. The highest BCUT2D eigenvalue weighted by Crippen LogP contribution is 2.23. The fourth-order valence-electron chi connectivity index (χ4n) is 2.87. The Kier molecular flexibility index (Phi) is 5.29. The van der Waals surface area contributed by atoms with Gasteiger partial charge in [0, 0.05) is 18.5 Å². The molecule has 1 saturated heterocycles. The SMILES string of the molecule is O=C(CSc1nnc(-c2cccnc2)o1)N1CCN(c2cccc[nH+]2)CC1. The molecule has 0 spiro atoms. The van der Waals surface area contributed by atoms with Gasteiger partial charge in [-0.3, -0.25) is 14.7 Å². The quantitative estimate of drug-likeness (QED) is 0.615. The highest BCUT2D eigenvalue weighted by atomic mass is 32.2. The zero-order valence-electron chi connectivity index (χ0n) is 14.6. The minimum atomic E-state index is 0.0813. The van der Waals surface area contributed by atoms with Crippen molar-refractivity contribution in [2.45, 2.75) is 5.22 Å². The third-order valence-corrected chi connectivity index (χ3v) is 5.10. The smallest absolute Gasteiger partial charge is 0.277 e. The standard InChI is InChI=1S/C18H18N6O2S/c25-16(24-10-8-23(9-11-24)15-5-1-2-7-20-15)13-27-18-22-21-17(26-18)14-4-3-6-19-12-14/h1-7,12H,8-11,13H2/p+1. The number of anilines is 1. The predicted octanol–water partition coefficient (Wildman–Crippen LogP) is 1.39. The van der Waals surface area contributed by atoms with E-state index in [1.54, 1.807) is 12.4 Å². The van der Waals surface area contributed by atoms with E-state index in [0.717, 1.165) is 24.5 Å². The number of thioether (sulfide) groups is 1. The summed E-state index contributed by atoms with van der Waals surface area (Å²) in [5.74, 6) is 1.85. The molecule has 0 aliphatic carbocycles. The number of H-pyrrole nitrogens is 1. The van der Waals surface area contributed by atoms with Gasteiger partial charge in [0.05, 0.1) is 30.6 Å². The van der Waals surface area contributed by atoms with Crippen LogP contribution in [0.2, 0.25) is 0 Å². The molecule has 1 aliphatic heterocycles. The number of aromatic amines is 1. The summed E-state index contributed by atoms with van der Waals surface area (Å²) in [6.45, 7) is 3.02. The molecule has 27 heavy (non-hydrogen) atoms. The van der Waals surface area contributed by atoms with Gasteiger partial charge in [-0.1, -0.05) is 17.8 Å². The van der Waals surface area contributed by atoms with E-state index in [1.807, 2.05) is 41.4 Å². The third kappa shape index (κ3) is 4.25. The second-order valence-electron chi connectivity index (χ2n) is 6.02. The van der Waals surface area contributed by atoms with Crippen LogP contribution in [0, 0.1) is 0 Å². The Labute approximate surface area is 160 Å². The highest BCUT2D eigenvalue weighted by Gasteiger charge is 2.26. The Morgan fingerprint density at radius 1 is 1.15 bits per heavy atom. The largest absolute Gasteiger partial charge is 0.411 e. The lowest BCUT2D eigenvalue weighted by molar-refractivity contribution is -0.364. The Balaban J connectivity index is 1.27. The molecule has 3 aromatic rings. The number of carbonyl (C=O) groups is 1. The number of aromatic nitrogens is 4. The van der Waals surface area contributed by atoms with Crippen molar-refractivity contribution in [3.63, 3.8) is 0 Å². The van der Waals surface area contributed by atoms with Crippen LogP contribution < -0.4 is 9.88 Å². The molecule has 8 nitrogen and oxygen atoms in total. The van der Waals surface area contributed by atoms with Gasteiger partial charge in [-0.25, -0.2) is 4.98 Å². The van der Waals surface area contributed by atoms with E-state index in [0.29, 0.717) is 24.2 Å². The lowest BCUT2D eigenvalue weighted by atomic mass is 10.3. The maximum atomic E-state index is 12.5. The van der Waals surface area contributed by atoms with E-state index in [2.05, 4.69) is 25.1 Å². The Bertz CT molecular complexity index is 881.